The van der Waals surface area contributed by atoms with E-state index in [1.807, 2.05) is 13.0 Å². The van der Waals surface area contributed by atoms with Gasteiger partial charge in [-0.25, -0.2) is 0 Å². The lowest BCUT2D eigenvalue weighted by atomic mass is 10.1. The van der Waals surface area contributed by atoms with Crippen molar-refractivity contribution in [2.24, 2.45) is 0 Å². The van der Waals surface area contributed by atoms with Crippen molar-refractivity contribution in [1.29, 1.82) is 5.26 Å². The molecule has 2 N–H and O–H groups in total. The SMILES string of the molecule is CCC(O)CNC(=O)c1cccc(C#N)c1. The number of carbonyl (C=O) groups is 1. The second kappa shape index (κ2) is 5.89. The highest BCUT2D eigenvalue weighted by molar-refractivity contribution is 5.94. The van der Waals surface area contributed by atoms with Gasteiger partial charge in [0.1, 0.15) is 0 Å². The van der Waals surface area contributed by atoms with Crippen molar-refractivity contribution in [1.82, 2.24) is 5.32 Å². The number of rotatable bonds is 4. The minimum atomic E-state index is -0.525. The van der Waals surface area contributed by atoms with Gasteiger partial charge in [0.05, 0.1) is 17.7 Å². The molecule has 0 fully saturated rings. The van der Waals surface area contributed by atoms with Crippen molar-refractivity contribution in [3.63, 3.8) is 0 Å². The molecule has 0 spiro atoms. The number of hydrogen-bond donors (Lipinski definition) is 2. The molecule has 0 aliphatic rings. The van der Waals surface area contributed by atoms with Gasteiger partial charge in [0, 0.05) is 12.1 Å². The van der Waals surface area contributed by atoms with Crippen LogP contribution >= 0.6 is 0 Å². The maximum atomic E-state index is 11.6. The number of benzene rings is 1. The highest BCUT2D eigenvalue weighted by atomic mass is 16.3. The third-order valence-electron chi connectivity index (χ3n) is 2.22. The predicted octanol–water partition coefficient (Wildman–Crippen LogP) is 1.06. The van der Waals surface area contributed by atoms with Gasteiger partial charge < -0.3 is 10.4 Å². The average molecular weight is 218 g/mol. The fourth-order valence-corrected chi connectivity index (χ4v) is 1.19. The Morgan fingerprint density at radius 2 is 2.38 bits per heavy atom. The van der Waals surface area contributed by atoms with Gasteiger partial charge in [0.15, 0.2) is 0 Å². The number of nitriles is 1. The third kappa shape index (κ3) is 3.37. The zero-order chi connectivity index (χ0) is 12.0. The van der Waals surface area contributed by atoms with Crippen LogP contribution in [0.15, 0.2) is 24.3 Å². The first-order valence-corrected chi connectivity index (χ1v) is 5.13. The number of amides is 1. The van der Waals surface area contributed by atoms with Crippen molar-refractivity contribution in [3.05, 3.63) is 35.4 Å². The van der Waals surface area contributed by atoms with Crippen molar-refractivity contribution in [2.45, 2.75) is 19.4 Å². The van der Waals surface area contributed by atoms with Crippen molar-refractivity contribution in [2.75, 3.05) is 6.54 Å². The van der Waals surface area contributed by atoms with E-state index >= 15 is 0 Å². The molecule has 16 heavy (non-hydrogen) atoms. The fraction of sp³-hybridized carbons (Fsp3) is 0.333. The summed E-state index contributed by atoms with van der Waals surface area (Å²) in [6.45, 7) is 2.07. The molecule has 0 aliphatic carbocycles. The first-order chi connectivity index (χ1) is 7.67. The van der Waals surface area contributed by atoms with E-state index in [2.05, 4.69) is 5.32 Å². The zero-order valence-corrected chi connectivity index (χ0v) is 9.10. The predicted molar refractivity (Wildman–Crippen MR) is 59.8 cm³/mol. The first kappa shape index (κ1) is 12.2. The summed E-state index contributed by atoms with van der Waals surface area (Å²) in [5.74, 6) is -0.274. The minimum Gasteiger partial charge on any atom is -0.391 e. The number of carbonyl (C=O) groups excluding carboxylic acids is 1. The summed E-state index contributed by atoms with van der Waals surface area (Å²) in [5, 5.41) is 20.6. The number of nitrogens with one attached hydrogen (secondary N) is 1. The molecule has 1 unspecified atom stereocenters. The fourth-order valence-electron chi connectivity index (χ4n) is 1.19. The van der Waals surface area contributed by atoms with Crippen molar-refractivity contribution < 1.29 is 9.90 Å². The summed E-state index contributed by atoms with van der Waals surface area (Å²) in [7, 11) is 0. The van der Waals surface area contributed by atoms with Crippen LogP contribution in [0.4, 0.5) is 0 Å². The van der Waals surface area contributed by atoms with E-state index in [1.165, 1.54) is 6.07 Å². The van der Waals surface area contributed by atoms with Crippen LogP contribution in [0.1, 0.15) is 29.3 Å². The van der Waals surface area contributed by atoms with Crippen molar-refractivity contribution >= 4 is 5.91 Å². The zero-order valence-electron chi connectivity index (χ0n) is 9.10. The molecular weight excluding hydrogens is 204 g/mol. The molecular formula is C12H14N2O2. The van der Waals surface area contributed by atoms with E-state index in [4.69, 9.17) is 5.26 Å². The van der Waals surface area contributed by atoms with Crippen LogP contribution in [0.25, 0.3) is 0 Å². The summed E-state index contributed by atoms with van der Waals surface area (Å²) >= 11 is 0. The molecule has 1 amide bonds. The Bertz CT molecular complexity index is 410. The van der Waals surface area contributed by atoms with Crippen LogP contribution in [0, 0.1) is 11.3 Å². The molecule has 0 saturated carbocycles. The monoisotopic (exact) mass is 218 g/mol. The summed E-state index contributed by atoms with van der Waals surface area (Å²) < 4.78 is 0. The Morgan fingerprint density at radius 3 is 3.00 bits per heavy atom. The molecule has 0 aliphatic heterocycles. The van der Waals surface area contributed by atoms with E-state index in [9.17, 15) is 9.90 Å². The lowest BCUT2D eigenvalue weighted by Gasteiger charge is -2.09. The molecule has 1 rings (SSSR count). The molecule has 1 atom stereocenters. The first-order valence-electron chi connectivity index (χ1n) is 5.13. The van der Waals surface area contributed by atoms with Crippen LogP contribution < -0.4 is 5.32 Å². The van der Waals surface area contributed by atoms with Gasteiger partial charge in [-0.05, 0) is 24.6 Å². The van der Waals surface area contributed by atoms with Gasteiger partial charge in [-0.15, -0.1) is 0 Å². The summed E-state index contributed by atoms with van der Waals surface area (Å²) in [5.41, 5.74) is 0.881. The molecule has 4 heteroatoms. The number of aliphatic hydroxyl groups is 1. The highest BCUT2D eigenvalue weighted by Gasteiger charge is 2.07. The Labute approximate surface area is 94.5 Å². The van der Waals surface area contributed by atoms with E-state index in [0.717, 1.165) is 0 Å². The average Bonchev–Trinajstić information content (AvgIpc) is 2.35. The smallest absolute Gasteiger partial charge is 0.251 e. The standard InChI is InChI=1S/C12H14N2O2/c1-2-11(15)8-14-12(16)10-5-3-4-9(6-10)7-13/h3-6,11,15H,2,8H2,1H3,(H,14,16). The second-order valence-corrected chi connectivity index (χ2v) is 3.46. The maximum absolute atomic E-state index is 11.6. The molecule has 0 bridgehead atoms. The maximum Gasteiger partial charge on any atom is 0.251 e. The van der Waals surface area contributed by atoms with Gasteiger partial charge in [0.25, 0.3) is 5.91 Å². The Kier molecular flexibility index (Phi) is 4.49. The van der Waals surface area contributed by atoms with E-state index in [1.54, 1.807) is 18.2 Å². The quantitative estimate of drug-likeness (QED) is 0.793. The molecule has 0 heterocycles. The number of hydrogen-bond acceptors (Lipinski definition) is 3. The lowest BCUT2D eigenvalue weighted by molar-refractivity contribution is 0.0914. The molecule has 1 aromatic carbocycles. The second-order valence-electron chi connectivity index (χ2n) is 3.46. The van der Waals surface area contributed by atoms with Crippen LogP contribution in [-0.4, -0.2) is 23.7 Å². The summed E-state index contributed by atoms with van der Waals surface area (Å²) in [6, 6.07) is 8.42. The summed E-state index contributed by atoms with van der Waals surface area (Å²) in [6.07, 6.45) is 0.0708. The highest BCUT2D eigenvalue weighted by Crippen LogP contribution is 2.03. The van der Waals surface area contributed by atoms with Crippen LogP contribution in [0.5, 0.6) is 0 Å². The van der Waals surface area contributed by atoms with Crippen LogP contribution in [0.2, 0.25) is 0 Å². The minimum absolute atomic E-state index is 0.228. The number of aliphatic hydroxyl groups excluding tert-OH is 1. The van der Waals surface area contributed by atoms with E-state index in [-0.39, 0.29) is 12.5 Å². The van der Waals surface area contributed by atoms with Crippen LogP contribution in [-0.2, 0) is 0 Å². The molecule has 0 saturated heterocycles. The Hall–Kier alpha value is -1.86. The van der Waals surface area contributed by atoms with Crippen molar-refractivity contribution in [3.8, 4) is 6.07 Å². The van der Waals surface area contributed by atoms with Crippen LogP contribution in [0.3, 0.4) is 0 Å². The third-order valence-corrected chi connectivity index (χ3v) is 2.22. The van der Waals surface area contributed by atoms with Gasteiger partial charge in [-0.1, -0.05) is 13.0 Å². The molecule has 84 valence electrons. The largest absolute Gasteiger partial charge is 0.391 e. The molecule has 0 aromatic heterocycles. The summed E-state index contributed by atoms with van der Waals surface area (Å²) in [4.78, 5) is 11.6. The topological polar surface area (TPSA) is 73.1 Å². The molecule has 4 nitrogen and oxygen atoms in total. The van der Waals surface area contributed by atoms with E-state index in [0.29, 0.717) is 17.5 Å². The number of nitrogens with zero attached hydrogens (tertiary/aromatic N) is 1. The normalized spacial score (nSPS) is 11.6. The van der Waals surface area contributed by atoms with E-state index < -0.39 is 6.10 Å². The Balaban J connectivity index is 2.63. The van der Waals surface area contributed by atoms with Gasteiger partial charge in [0.2, 0.25) is 0 Å². The van der Waals surface area contributed by atoms with Gasteiger partial charge >= 0.3 is 0 Å². The molecule has 0 radical (unpaired) electrons. The Morgan fingerprint density at radius 1 is 1.62 bits per heavy atom. The van der Waals surface area contributed by atoms with Gasteiger partial charge in [-0.2, -0.15) is 5.26 Å². The molecule has 1 aromatic rings. The van der Waals surface area contributed by atoms with Gasteiger partial charge in [-0.3, -0.25) is 4.79 Å². The lowest BCUT2D eigenvalue weighted by Crippen LogP contribution is -2.31.